The van der Waals surface area contributed by atoms with Gasteiger partial charge in [0.1, 0.15) is 0 Å². The van der Waals surface area contributed by atoms with Crippen molar-refractivity contribution in [2.24, 2.45) is 5.92 Å². The molecule has 1 fully saturated rings. The number of piperidine rings is 1. The Balaban J connectivity index is 2.39. The minimum absolute atomic E-state index is 0.214. The van der Waals surface area contributed by atoms with Gasteiger partial charge in [-0.2, -0.15) is 0 Å². The highest BCUT2D eigenvalue weighted by Gasteiger charge is 2.27. The summed E-state index contributed by atoms with van der Waals surface area (Å²) in [7, 11) is 0. The zero-order valence-corrected chi connectivity index (χ0v) is 9.27. The number of amides is 2. The van der Waals surface area contributed by atoms with Crippen molar-refractivity contribution in [3.05, 3.63) is 0 Å². The molecule has 88 valence electrons. The molecule has 1 saturated heterocycles. The van der Waals surface area contributed by atoms with E-state index in [0.717, 1.165) is 0 Å². The molecular formula is C11H16N2O3. The van der Waals surface area contributed by atoms with Crippen LogP contribution in [0.5, 0.6) is 0 Å². The SMILES string of the molecule is C#CC(C)NC(=O)N1CCC(C(=O)O)CC1. The molecule has 0 aromatic carbocycles. The number of hydrogen-bond acceptors (Lipinski definition) is 2. The Bertz CT molecular complexity index is 314. The number of carboxylic acid groups (broad SMARTS) is 1. The van der Waals surface area contributed by atoms with Crippen molar-refractivity contribution in [2.75, 3.05) is 13.1 Å². The topological polar surface area (TPSA) is 69.6 Å². The van der Waals surface area contributed by atoms with E-state index >= 15 is 0 Å². The van der Waals surface area contributed by atoms with Crippen LogP contribution >= 0.6 is 0 Å². The van der Waals surface area contributed by atoms with E-state index in [9.17, 15) is 9.59 Å². The van der Waals surface area contributed by atoms with Crippen molar-refractivity contribution in [1.82, 2.24) is 10.2 Å². The van der Waals surface area contributed by atoms with Crippen LogP contribution in [0, 0.1) is 18.3 Å². The summed E-state index contributed by atoms with van der Waals surface area (Å²) in [6, 6.07) is -0.515. The Morgan fingerprint density at radius 2 is 2.06 bits per heavy atom. The number of likely N-dealkylation sites (tertiary alicyclic amines) is 1. The predicted molar refractivity (Wildman–Crippen MR) is 58.8 cm³/mol. The second kappa shape index (κ2) is 5.40. The summed E-state index contributed by atoms with van der Waals surface area (Å²) in [6.45, 7) is 2.67. The van der Waals surface area contributed by atoms with Crippen LogP contribution in [0.2, 0.25) is 0 Å². The van der Waals surface area contributed by atoms with Crippen molar-refractivity contribution >= 4 is 12.0 Å². The van der Waals surface area contributed by atoms with Crippen LogP contribution in [0.4, 0.5) is 4.79 Å². The third-order valence-electron chi connectivity index (χ3n) is 2.72. The number of rotatable bonds is 2. The number of carboxylic acids is 1. The summed E-state index contributed by atoms with van der Waals surface area (Å²) in [6.07, 6.45) is 6.16. The molecule has 1 aliphatic heterocycles. The molecule has 5 heteroatoms. The first-order valence-corrected chi connectivity index (χ1v) is 5.29. The van der Waals surface area contributed by atoms with Crippen LogP contribution in [-0.2, 0) is 4.79 Å². The number of aliphatic carboxylic acids is 1. The molecule has 2 N–H and O–H groups in total. The lowest BCUT2D eigenvalue weighted by Gasteiger charge is -2.30. The number of carbonyl (C=O) groups excluding carboxylic acids is 1. The van der Waals surface area contributed by atoms with Gasteiger partial charge in [-0.3, -0.25) is 4.79 Å². The normalized spacial score (nSPS) is 18.6. The molecule has 5 nitrogen and oxygen atoms in total. The molecule has 1 atom stereocenters. The molecule has 16 heavy (non-hydrogen) atoms. The highest BCUT2D eigenvalue weighted by Crippen LogP contribution is 2.17. The van der Waals surface area contributed by atoms with Crippen LogP contribution in [0.1, 0.15) is 19.8 Å². The molecule has 1 aliphatic rings. The molecular weight excluding hydrogens is 208 g/mol. The van der Waals surface area contributed by atoms with Gasteiger partial charge < -0.3 is 15.3 Å². The molecule has 0 bridgehead atoms. The maximum absolute atomic E-state index is 11.6. The molecule has 0 aromatic rings. The third kappa shape index (κ3) is 3.16. The zero-order valence-electron chi connectivity index (χ0n) is 9.27. The minimum Gasteiger partial charge on any atom is -0.481 e. The quantitative estimate of drug-likeness (QED) is 0.672. The highest BCUT2D eigenvalue weighted by molar-refractivity contribution is 5.76. The van der Waals surface area contributed by atoms with Crippen molar-refractivity contribution < 1.29 is 14.7 Å². The molecule has 0 radical (unpaired) electrons. The third-order valence-corrected chi connectivity index (χ3v) is 2.72. The van der Waals surface area contributed by atoms with Gasteiger partial charge in [0, 0.05) is 13.1 Å². The molecule has 1 unspecified atom stereocenters. The first kappa shape index (κ1) is 12.4. The first-order chi connectivity index (χ1) is 7.54. The summed E-state index contributed by atoms with van der Waals surface area (Å²) in [5, 5.41) is 11.4. The van der Waals surface area contributed by atoms with Crippen molar-refractivity contribution in [2.45, 2.75) is 25.8 Å². The summed E-state index contributed by atoms with van der Waals surface area (Å²) >= 11 is 0. The second-order valence-corrected chi connectivity index (χ2v) is 3.94. The van der Waals surface area contributed by atoms with Crippen LogP contribution in [0.25, 0.3) is 0 Å². The van der Waals surface area contributed by atoms with Gasteiger partial charge in [-0.15, -0.1) is 6.42 Å². The molecule has 0 aliphatic carbocycles. The van der Waals surface area contributed by atoms with E-state index in [1.165, 1.54) is 0 Å². The Morgan fingerprint density at radius 3 is 2.50 bits per heavy atom. The maximum Gasteiger partial charge on any atom is 0.318 e. The van der Waals surface area contributed by atoms with Gasteiger partial charge in [-0.1, -0.05) is 5.92 Å². The second-order valence-electron chi connectivity index (χ2n) is 3.94. The average Bonchev–Trinajstić information content (AvgIpc) is 2.28. The van der Waals surface area contributed by atoms with Gasteiger partial charge in [-0.25, -0.2) is 4.79 Å². The Morgan fingerprint density at radius 1 is 1.50 bits per heavy atom. The summed E-state index contributed by atoms with van der Waals surface area (Å²) in [5.41, 5.74) is 0. The zero-order chi connectivity index (χ0) is 12.1. The smallest absolute Gasteiger partial charge is 0.318 e. The summed E-state index contributed by atoms with van der Waals surface area (Å²) < 4.78 is 0. The summed E-state index contributed by atoms with van der Waals surface area (Å²) in [5.74, 6) is 1.30. The molecule has 2 amide bonds. The van der Waals surface area contributed by atoms with Gasteiger partial charge in [0.2, 0.25) is 0 Å². The van der Waals surface area contributed by atoms with E-state index in [-0.39, 0.29) is 18.0 Å². The van der Waals surface area contributed by atoms with Gasteiger partial charge in [0.25, 0.3) is 0 Å². The van der Waals surface area contributed by atoms with E-state index in [1.54, 1.807) is 11.8 Å². The highest BCUT2D eigenvalue weighted by atomic mass is 16.4. The van der Waals surface area contributed by atoms with Gasteiger partial charge in [0.05, 0.1) is 12.0 Å². The van der Waals surface area contributed by atoms with Crippen LogP contribution < -0.4 is 5.32 Å². The number of carbonyl (C=O) groups is 2. The molecule has 0 spiro atoms. The molecule has 1 rings (SSSR count). The fourth-order valence-corrected chi connectivity index (χ4v) is 1.65. The fraction of sp³-hybridized carbons (Fsp3) is 0.636. The number of nitrogens with one attached hydrogen (secondary N) is 1. The van der Waals surface area contributed by atoms with E-state index in [2.05, 4.69) is 11.2 Å². The number of urea groups is 1. The Hall–Kier alpha value is -1.70. The monoisotopic (exact) mass is 224 g/mol. The lowest BCUT2D eigenvalue weighted by molar-refractivity contribution is -0.143. The number of hydrogen-bond donors (Lipinski definition) is 2. The predicted octanol–water partition coefficient (Wildman–Crippen LogP) is 0.514. The summed E-state index contributed by atoms with van der Waals surface area (Å²) in [4.78, 5) is 23.9. The van der Waals surface area contributed by atoms with E-state index in [4.69, 9.17) is 11.5 Å². The van der Waals surface area contributed by atoms with Crippen LogP contribution in [-0.4, -0.2) is 41.1 Å². The van der Waals surface area contributed by atoms with Crippen molar-refractivity contribution in [3.8, 4) is 12.3 Å². The molecule has 0 saturated carbocycles. The largest absolute Gasteiger partial charge is 0.481 e. The lowest BCUT2D eigenvalue weighted by atomic mass is 9.97. The first-order valence-electron chi connectivity index (χ1n) is 5.29. The van der Waals surface area contributed by atoms with E-state index in [1.807, 2.05) is 0 Å². The average molecular weight is 224 g/mol. The van der Waals surface area contributed by atoms with Gasteiger partial charge in [-0.05, 0) is 19.8 Å². The molecule has 0 aromatic heterocycles. The minimum atomic E-state index is -0.781. The van der Waals surface area contributed by atoms with Gasteiger partial charge in [0.15, 0.2) is 0 Å². The van der Waals surface area contributed by atoms with Crippen LogP contribution in [0.3, 0.4) is 0 Å². The maximum atomic E-state index is 11.6. The Kier molecular flexibility index (Phi) is 4.18. The number of nitrogens with zero attached hydrogens (tertiary/aromatic N) is 1. The molecule has 1 heterocycles. The number of terminal acetylenes is 1. The van der Waals surface area contributed by atoms with Crippen LogP contribution in [0.15, 0.2) is 0 Å². The standard InChI is InChI=1S/C11H16N2O3/c1-3-8(2)12-11(16)13-6-4-9(5-7-13)10(14)15/h1,8-9H,4-7H2,2H3,(H,12,16)(H,14,15). The van der Waals surface area contributed by atoms with E-state index in [0.29, 0.717) is 25.9 Å². The Labute approximate surface area is 94.8 Å². The van der Waals surface area contributed by atoms with Crippen molar-refractivity contribution in [1.29, 1.82) is 0 Å². The van der Waals surface area contributed by atoms with E-state index < -0.39 is 5.97 Å². The lowest BCUT2D eigenvalue weighted by Crippen LogP contribution is -2.47. The van der Waals surface area contributed by atoms with Crippen molar-refractivity contribution in [3.63, 3.8) is 0 Å². The fourth-order valence-electron chi connectivity index (χ4n) is 1.65. The van der Waals surface area contributed by atoms with Gasteiger partial charge >= 0.3 is 12.0 Å².